The normalized spacial score (nSPS) is 10.7. The van der Waals surface area contributed by atoms with Crippen molar-refractivity contribution in [2.75, 3.05) is 5.32 Å². The molecule has 20 heavy (non-hydrogen) atoms. The van der Waals surface area contributed by atoms with Gasteiger partial charge < -0.3 is 19.6 Å². The molecule has 1 aromatic carbocycles. The van der Waals surface area contributed by atoms with E-state index in [1.54, 1.807) is 43.3 Å². The van der Waals surface area contributed by atoms with Gasteiger partial charge in [0.2, 0.25) is 0 Å². The van der Waals surface area contributed by atoms with Gasteiger partial charge in [0.25, 0.3) is 5.91 Å². The fourth-order valence-corrected chi connectivity index (χ4v) is 1.63. The minimum absolute atomic E-state index is 0.221. The van der Waals surface area contributed by atoms with Gasteiger partial charge in [0, 0.05) is 5.69 Å². The zero-order valence-corrected chi connectivity index (χ0v) is 10.8. The van der Waals surface area contributed by atoms with Crippen molar-refractivity contribution in [2.45, 2.75) is 6.92 Å². The highest BCUT2D eigenvalue weighted by Crippen LogP contribution is 2.14. The molecule has 0 bridgehead atoms. The third-order valence-corrected chi connectivity index (χ3v) is 2.52. The Bertz CT molecular complexity index is 670. The molecule has 102 valence electrons. The minimum atomic E-state index is -1.27. The summed E-state index contributed by atoms with van der Waals surface area (Å²) in [5.41, 5.74) is 1.19. The van der Waals surface area contributed by atoms with Gasteiger partial charge in [-0.3, -0.25) is 4.79 Å². The summed E-state index contributed by atoms with van der Waals surface area (Å²) in [6.07, 6.45) is 2.32. The van der Waals surface area contributed by atoms with Crippen LogP contribution in [0.3, 0.4) is 0 Å². The zero-order chi connectivity index (χ0) is 14.5. The lowest BCUT2D eigenvalue weighted by atomic mass is 10.2. The van der Waals surface area contributed by atoms with Crippen molar-refractivity contribution in [3.05, 3.63) is 59.6 Å². The lowest BCUT2D eigenvalue weighted by Crippen LogP contribution is -2.18. The van der Waals surface area contributed by atoms with Crippen LogP contribution >= 0.6 is 0 Å². The fourth-order valence-electron chi connectivity index (χ4n) is 1.63. The molecule has 1 N–H and O–H groups in total. The standard InChI is InChI=1S/C15H13NO4/c1-10-5-7-13(20-10)15(19)16-12-4-2-3-11(9-12)6-8-14(17)18/h2-9H,1H3,(H,16,19)(H,17,18)/p-1/b8-6+. The Morgan fingerprint density at radius 3 is 2.70 bits per heavy atom. The van der Waals surface area contributed by atoms with E-state index in [4.69, 9.17) is 4.42 Å². The first kappa shape index (κ1) is 13.6. The number of carboxylic acid groups (broad SMARTS) is 1. The highest BCUT2D eigenvalue weighted by Gasteiger charge is 2.09. The molecule has 0 aliphatic rings. The number of rotatable bonds is 4. The Morgan fingerprint density at radius 1 is 1.25 bits per heavy atom. The smallest absolute Gasteiger partial charge is 0.291 e. The Labute approximate surface area is 115 Å². The maximum atomic E-state index is 11.9. The van der Waals surface area contributed by atoms with Crippen LogP contribution in [-0.4, -0.2) is 11.9 Å². The van der Waals surface area contributed by atoms with Crippen molar-refractivity contribution < 1.29 is 19.1 Å². The SMILES string of the molecule is Cc1ccc(C(=O)Nc2cccc(/C=C/C(=O)[O-])c2)o1. The van der Waals surface area contributed by atoms with Gasteiger partial charge in [0.15, 0.2) is 5.76 Å². The number of nitrogens with one attached hydrogen (secondary N) is 1. The number of amides is 1. The first-order valence-corrected chi connectivity index (χ1v) is 5.91. The van der Waals surface area contributed by atoms with E-state index in [0.29, 0.717) is 17.0 Å². The molecule has 0 aliphatic carbocycles. The number of benzene rings is 1. The molecular weight excluding hydrogens is 258 g/mol. The predicted octanol–water partition coefficient (Wildman–Crippen LogP) is 1.60. The molecule has 1 aromatic heterocycles. The van der Waals surface area contributed by atoms with Crippen LogP contribution < -0.4 is 10.4 Å². The quantitative estimate of drug-likeness (QED) is 0.855. The first-order chi connectivity index (χ1) is 9.54. The van der Waals surface area contributed by atoms with Gasteiger partial charge >= 0.3 is 0 Å². The highest BCUT2D eigenvalue weighted by atomic mass is 16.4. The monoisotopic (exact) mass is 270 g/mol. The van der Waals surface area contributed by atoms with Crippen LogP contribution in [0.4, 0.5) is 5.69 Å². The molecule has 5 nitrogen and oxygen atoms in total. The van der Waals surface area contributed by atoms with Crippen molar-refractivity contribution in [2.24, 2.45) is 0 Å². The van der Waals surface area contributed by atoms with E-state index in [2.05, 4.69) is 5.32 Å². The number of hydrogen-bond donors (Lipinski definition) is 1. The largest absolute Gasteiger partial charge is 0.545 e. The van der Waals surface area contributed by atoms with Gasteiger partial charge in [-0.05, 0) is 42.8 Å². The first-order valence-electron chi connectivity index (χ1n) is 5.91. The molecule has 0 fully saturated rings. The molecule has 0 saturated carbocycles. The van der Waals surface area contributed by atoms with E-state index in [1.165, 1.54) is 6.08 Å². The Hall–Kier alpha value is -2.82. The molecule has 0 saturated heterocycles. The maximum Gasteiger partial charge on any atom is 0.291 e. The number of anilines is 1. The predicted molar refractivity (Wildman–Crippen MR) is 71.9 cm³/mol. The number of carbonyl (C=O) groups excluding carboxylic acids is 2. The van der Waals surface area contributed by atoms with E-state index in [0.717, 1.165) is 6.08 Å². The molecule has 0 aliphatic heterocycles. The van der Waals surface area contributed by atoms with E-state index >= 15 is 0 Å². The number of furan rings is 1. The van der Waals surface area contributed by atoms with E-state index < -0.39 is 5.97 Å². The van der Waals surface area contributed by atoms with E-state index in [-0.39, 0.29) is 11.7 Å². The van der Waals surface area contributed by atoms with Gasteiger partial charge in [-0.25, -0.2) is 0 Å². The topological polar surface area (TPSA) is 82.4 Å². The number of carboxylic acids is 1. The van der Waals surface area contributed by atoms with Gasteiger partial charge in [-0.2, -0.15) is 0 Å². The molecule has 0 spiro atoms. The molecule has 1 amide bonds. The zero-order valence-electron chi connectivity index (χ0n) is 10.8. The van der Waals surface area contributed by atoms with Crippen LogP contribution in [0.2, 0.25) is 0 Å². The van der Waals surface area contributed by atoms with Gasteiger partial charge in [-0.1, -0.05) is 18.2 Å². The maximum absolute atomic E-state index is 11.9. The van der Waals surface area contributed by atoms with Gasteiger partial charge in [0.1, 0.15) is 5.76 Å². The number of aryl methyl sites for hydroxylation is 1. The molecule has 2 rings (SSSR count). The molecule has 5 heteroatoms. The number of carbonyl (C=O) groups is 2. The summed E-state index contributed by atoms with van der Waals surface area (Å²) >= 11 is 0. The molecule has 0 unspecified atom stereocenters. The third kappa shape index (κ3) is 3.58. The third-order valence-electron chi connectivity index (χ3n) is 2.52. The van der Waals surface area contributed by atoms with Crippen LogP contribution in [0, 0.1) is 6.92 Å². The summed E-state index contributed by atoms with van der Waals surface area (Å²) in [5, 5.41) is 13.0. The highest BCUT2D eigenvalue weighted by molar-refractivity contribution is 6.02. The lowest BCUT2D eigenvalue weighted by molar-refractivity contribution is -0.297. The number of hydrogen-bond acceptors (Lipinski definition) is 4. The Morgan fingerprint density at radius 2 is 2.05 bits per heavy atom. The van der Waals surface area contributed by atoms with Crippen LogP contribution in [0.1, 0.15) is 21.9 Å². The molecular formula is C15H12NO4-. The molecule has 0 atom stereocenters. The molecule has 2 aromatic rings. The van der Waals surface area contributed by atoms with Crippen molar-refractivity contribution >= 4 is 23.6 Å². The molecule has 1 heterocycles. The summed E-state index contributed by atoms with van der Waals surface area (Å²) in [4.78, 5) is 22.2. The van der Waals surface area contributed by atoms with Crippen molar-refractivity contribution in [3.63, 3.8) is 0 Å². The molecule has 0 radical (unpaired) electrons. The second-order valence-electron chi connectivity index (χ2n) is 4.14. The summed E-state index contributed by atoms with van der Waals surface area (Å²) in [5.74, 6) is -0.761. The fraction of sp³-hybridized carbons (Fsp3) is 0.0667. The minimum Gasteiger partial charge on any atom is -0.545 e. The summed E-state index contributed by atoms with van der Waals surface area (Å²) in [7, 11) is 0. The van der Waals surface area contributed by atoms with Gasteiger partial charge in [-0.15, -0.1) is 0 Å². The van der Waals surface area contributed by atoms with Crippen LogP contribution in [-0.2, 0) is 4.79 Å². The van der Waals surface area contributed by atoms with E-state index in [1.807, 2.05) is 0 Å². The lowest BCUT2D eigenvalue weighted by Gasteiger charge is -2.04. The van der Waals surface area contributed by atoms with Crippen LogP contribution in [0.5, 0.6) is 0 Å². The van der Waals surface area contributed by atoms with Crippen LogP contribution in [0.15, 0.2) is 46.9 Å². The van der Waals surface area contributed by atoms with Crippen molar-refractivity contribution in [1.82, 2.24) is 0 Å². The summed E-state index contributed by atoms with van der Waals surface area (Å²) < 4.78 is 5.21. The number of aliphatic carboxylic acids is 1. The average Bonchev–Trinajstić information content (AvgIpc) is 2.84. The average molecular weight is 270 g/mol. The second-order valence-corrected chi connectivity index (χ2v) is 4.14. The van der Waals surface area contributed by atoms with Crippen molar-refractivity contribution in [1.29, 1.82) is 0 Å². The second kappa shape index (κ2) is 5.88. The van der Waals surface area contributed by atoms with Crippen molar-refractivity contribution in [3.8, 4) is 0 Å². The summed E-state index contributed by atoms with van der Waals surface area (Å²) in [6, 6.07) is 10.1. The Kier molecular flexibility index (Phi) is 4.00. The van der Waals surface area contributed by atoms with Gasteiger partial charge in [0.05, 0.1) is 5.97 Å². The van der Waals surface area contributed by atoms with E-state index in [9.17, 15) is 14.7 Å². The van der Waals surface area contributed by atoms with Crippen LogP contribution in [0.25, 0.3) is 6.08 Å². The summed E-state index contributed by atoms with van der Waals surface area (Å²) in [6.45, 7) is 1.75. The Balaban J connectivity index is 2.11.